The minimum absolute atomic E-state index is 0. The summed E-state index contributed by atoms with van der Waals surface area (Å²) < 4.78 is 68.3. The third kappa shape index (κ3) is 9.68. The molecule has 0 aromatic heterocycles. The Morgan fingerprint density at radius 2 is 1.35 bits per heavy atom. The third-order valence-electron chi connectivity index (χ3n) is 8.13. The Morgan fingerprint density at radius 3 is 1.88 bits per heavy atom. The summed E-state index contributed by atoms with van der Waals surface area (Å²) in [6.45, 7) is 6.62. The van der Waals surface area contributed by atoms with Gasteiger partial charge in [0.1, 0.15) is 16.7 Å². The molecule has 8 nitrogen and oxygen atoms in total. The van der Waals surface area contributed by atoms with Crippen LogP contribution in [0.2, 0.25) is 5.02 Å². The van der Waals surface area contributed by atoms with E-state index in [0.717, 1.165) is 51.3 Å². The molecule has 0 radical (unpaired) electrons. The van der Waals surface area contributed by atoms with E-state index in [9.17, 15) is 25.9 Å². The zero-order valence-electron chi connectivity index (χ0n) is 27.5. The second-order valence-electron chi connectivity index (χ2n) is 11.2. The summed E-state index contributed by atoms with van der Waals surface area (Å²) in [4.78, 5) is 1.79. The van der Waals surface area contributed by atoms with Crippen LogP contribution in [0.3, 0.4) is 0 Å². The first kappa shape index (κ1) is 38.5. The first-order chi connectivity index (χ1) is 22.9. The predicted octanol–water partition coefficient (Wildman–Crippen LogP) is 4.12. The van der Waals surface area contributed by atoms with E-state index < -0.39 is 20.2 Å². The van der Waals surface area contributed by atoms with Gasteiger partial charge in [-0.05, 0) is 90.7 Å². The molecule has 0 saturated carbocycles. The van der Waals surface area contributed by atoms with E-state index in [0.29, 0.717) is 24.7 Å². The average Bonchev–Trinajstić information content (AvgIpc) is 3.07. The van der Waals surface area contributed by atoms with Gasteiger partial charge in [-0.1, -0.05) is 66.2 Å². The van der Waals surface area contributed by atoms with Crippen LogP contribution < -0.4 is 34.5 Å². The van der Waals surface area contributed by atoms with Gasteiger partial charge in [-0.3, -0.25) is 4.55 Å². The number of anilines is 1. The molecule has 0 spiro atoms. The van der Waals surface area contributed by atoms with Gasteiger partial charge >= 0.3 is 29.6 Å². The van der Waals surface area contributed by atoms with Crippen molar-refractivity contribution in [2.45, 2.75) is 36.7 Å². The van der Waals surface area contributed by atoms with Gasteiger partial charge in [-0.2, -0.15) is 8.42 Å². The van der Waals surface area contributed by atoms with Gasteiger partial charge in [-0.25, -0.2) is 13.0 Å². The molecule has 1 aliphatic rings. The molecule has 0 unspecified atom stereocenters. The van der Waals surface area contributed by atoms with E-state index in [4.69, 9.17) is 11.6 Å². The van der Waals surface area contributed by atoms with Crippen LogP contribution in [-0.4, -0.2) is 49.3 Å². The molecule has 5 rings (SSSR count). The van der Waals surface area contributed by atoms with Crippen molar-refractivity contribution in [3.63, 3.8) is 0 Å². The van der Waals surface area contributed by atoms with Crippen molar-refractivity contribution >= 4 is 48.8 Å². The molecule has 0 saturated heterocycles. The van der Waals surface area contributed by atoms with E-state index in [1.54, 1.807) is 24.3 Å². The molecule has 0 amide bonds. The van der Waals surface area contributed by atoms with Gasteiger partial charge in [0, 0.05) is 47.1 Å². The van der Waals surface area contributed by atoms with E-state index in [1.165, 1.54) is 24.3 Å². The molecule has 4 aromatic carbocycles. The van der Waals surface area contributed by atoms with Crippen LogP contribution >= 0.6 is 11.6 Å². The number of halogens is 1. The summed E-state index contributed by atoms with van der Waals surface area (Å²) in [7, 11) is -8.74. The minimum atomic E-state index is -4.50. The number of nitrogens with zero attached hydrogens (tertiary/aromatic N) is 2. The largest absolute Gasteiger partial charge is 1.00 e. The van der Waals surface area contributed by atoms with E-state index >= 15 is 0 Å². The van der Waals surface area contributed by atoms with Crippen molar-refractivity contribution in [2.75, 3.05) is 18.0 Å². The van der Waals surface area contributed by atoms with Crippen LogP contribution in [0.5, 0.6) is 0 Å². The fraction of sp³-hybridized carbons (Fsp3) is 0.162. The van der Waals surface area contributed by atoms with Crippen molar-refractivity contribution in [3.8, 4) is 0 Å². The molecule has 1 aliphatic carbocycles. The van der Waals surface area contributed by atoms with E-state index in [-0.39, 0.29) is 39.3 Å². The standard InChI is InChI=1S/C37H35ClN2O6S2.Na/c1-3-39(25-27-9-21-33(22-10-27)47(41,42)43)31-17-13-29(14-18-31)37(35-7-5-6-8-36(35)38)30-15-19-32(20-16-30)40(4-2)26-28-11-23-34(24-12-28)48(44,45)46;/h5-24H,3-4,25-26H2,1-2H3,(H-,41,42,43,44,45,46);/q;+1. The van der Waals surface area contributed by atoms with Gasteiger partial charge in [0.15, 0.2) is 12.3 Å². The fourth-order valence-corrected chi connectivity index (χ4v) is 6.74. The third-order valence-corrected chi connectivity index (χ3v) is 10.2. The molecule has 0 bridgehead atoms. The molecule has 0 aliphatic heterocycles. The average molecular weight is 726 g/mol. The van der Waals surface area contributed by atoms with E-state index in [1.807, 2.05) is 43.3 Å². The zero-order chi connectivity index (χ0) is 34.5. The smallest absolute Gasteiger partial charge is 0.744 e. The Kier molecular flexibility index (Phi) is 13.0. The minimum Gasteiger partial charge on any atom is -0.744 e. The van der Waals surface area contributed by atoms with Crippen LogP contribution in [0, 0.1) is 0 Å². The van der Waals surface area contributed by atoms with Crippen molar-refractivity contribution in [1.82, 2.24) is 0 Å². The summed E-state index contributed by atoms with van der Waals surface area (Å²) in [5, 5.41) is 0.628. The van der Waals surface area contributed by atoms with Gasteiger partial charge in [-0.15, -0.1) is 0 Å². The summed E-state index contributed by atoms with van der Waals surface area (Å²) in [5.41, 5.74) is 7.60. The van der Waals surface area contributed by atoms with Crippen LogP contribution in [-0.2, 0) is 33.3 Å². The van der Waals surface area contributed by atoms with Gasteiger partial charge in [0.25, 0.3) is 10.1 Å². The van der Waals surface area contributed by atoms with E-state index in [2.05, 4.69) is 52.8 Å². The Hall–Kier alpha value is -3.32. The molecule has 248 valence electrons. The summed E-state index contributed by atoms with van der Waals surface area (Å²) in [5.74, 6) is 0. The summed E-state index contributed by atoms with van der Waals surface area (Å²) in [6, 6.07) is 28.2. The van der Waals surface area contributed by atoms with Crippen molar-refractivity contribution < 1.29 is 60.1 Å². The first-order valence-electron chi connectivity index (χ1n) is 15.3. The van der Waals surface area contributed by atoms with Crippen LogP contribution in [0.15, 0.2) is 137 Å². The second-order valence-corrected chi connectivity index (χ2v) is 14.4. The molecular formula is C37H35ClN2NaO6S2+. The SMILES string of the molecule is CCN(Cc1ccc(S(=O)(=O)O)cc1)c1ccc(C(=C2C=CC(=[N+](CC)Cc3ccc(S(=O)(=O)[O-])cc3)C=C2)c2ccccc2Cl)cc1.[Na+]. The van der Waals surface area contributed by atoms with Crippen molar-refractivity contribution in [3.05, 3.63) is 154 Å². The molecular weight excluding hydrogens is 691 g/mol. The molecule has 1 N–H and O–H groups in total. The topological polar surface area (TPSA) is 118 Å². The van der Waals surface area contributed by atoms with Gasteiger partial charge in [0.2, 0.25) is 0 Å². The van der Waals surface area contributed by atoms with Gasteiger partial charge < -0.3 is 9.45 Å². The molecule has 0 atom stereocenters. The monoisotopic (exact) mass is 725 g/mol. The summed E-state index contributed by atoms with van der Waals surface area (Å²) >= 11 is 6.74. The predicted molar refractivity (Wildman–Crippen MR) is 189 cm³/mol. The number of hydrogen-bond acceptors (Lipinski definition) is 6. The number of rotatable bonds is 11. The van der Waals surface area contributed by atoms with Crippen molar-refractivity contribution in [1.29, 1.82) is 0 Å². The summed E-state index contributed by atoms with van der Waals surface area (Å²) in [6.07, 6.45) is 8.22. The van der Waals surface area contributed by atoms with Crippen molar-refractivity contribution in [2.24, 2.45) is 0 Å². The molecule has 0 heterocycles. The number of hydrogen-bond donors (Lipinski definition) is 1. The Balaban J connectivity index is 0.00000541. The number of allylic oxidation sites excluding steroid dienone is 5. The van der Waals surface area contributed by atoms with Crippen LogP contribution in [0.4, 0.5) is 5.69 Å². The molecule has 0 fully saturated rings. The quantitative estimate of drug-likeness (QED) is 0.141. The van der Waals surface area contributed by atoms with Crippen LogP contribution in [0.25, 0.3) is 5.57 Å². The van der Waals surface area contributed by atoms with Gasteiger partial charge in [0.05, 0.1) is 9.79 Å². The second kappa shape index (κ2) is 16.6. The fourth-order valence-electron chi connectivity index (χ4n) is 5.56. The maximum Gasteiger partial charge on any atom is 1.00 e. The maximum atomic E-state index is 11.4. The molecule has 12 heteroatoms. The zero-order valence-corrected chi connectivity index (χ0v) is 31.8. The Labute approximate surface area is 315 Å². The molecule has 49 heavy (non-hydrogen) atoms. The normalized spacial score (nSPS) is 12.8. The Bertz CT molecular complexity index is 2130. The number of benzene rings is 4. The van der Waals surface area contributed by atoms with Crippen LogP contribution in [0.1, 0.15) is 36.1 Å². The molecule has 4 aromatic rings. The first-order valence-corrected chi connectivity index (χ1v) is 18.5. The Morgan fingerprint density at radius 1 is 0.776 bits per heavy atom. The maximum absolute atomic E-state index is 11.4.